The fourth-order valence-electron chi connectivity index (χ4n) is 1.73. The van der Waals surface area contributed by atoms with E-state index in [1.165, 1.54) is 18.6 Å². The van der Waals surface area contributed by atoms with E-state index in [0.717, 1.165) is 0 Å². The predicted octanol–water partition coefficient (Wildman–Crippen LogP) is 2.22. The number of hydrogen-bond acceptors (Lipinski definition) is 6. The van der Waals surface area contributed by atoms with Crippen LogP contribution in [0.1, 0.15) is 16.1 Å². The quantitative estimate of drug-likeness (QED) is 0.808. The largest absolute Gasteiger partial charge is 0.456 e. The van der Waals surface area contributed by atoms with Gasteiger partial charge in [-0.3, -0.25) is 4.98 Å². The molecule has 0 amide bonds. The third kappa shape index (κ3) is 2.50. The third-order valence-electron chi connectivity index (χ3n) is 2.63. The van der Waals surface area contributed by atoms with E-state index in [0.29, 0.717) is 22.1 Å². The van der Waals surface area contributed by atoms with Crippen LogP contribution in [0.2, 0.25) is 5.02 Å². The van der Waals surface area contributed by atoms with Crippen molar-refractivity contribution in [1.29, 1.82) is 0 Å². The molecule has 0 aliphatic carbocycles. The van der Waals surface area contributed by atoms with Gasteiger partial charge in [0, 0.05) is 12.4 Å². The molecule has 6 nitrogen and oxygen atoms in total. The van der Waals surface area contributed by atoms with E-state index in [9.17, 15) is 4.79 Å². The van der Waals surface area contributed by atoms with Gasteiger partial charge in [-0.05, 0) is 17.7 Å². The van der Waals surface area contributed by atoms with E-state index in [1.807, 2.05) is 0 Å². The summed E-state index contributed by atoms with van der Waals surface area (Å²) in [6.45, 7) is 0.198. The number of nitrogens with zero attached hydrogens (tertiary/aromatic N) is 2. The van der Waals surface area contributed by atoms with Crippen molar-refractivity contribution >= 4 is 17.6 Å². The summed E-state index contributed by atoms with van der Waals surface area (Å²) in [7, 11) is 0. The van der Waals surface area contributed by atoms with Gasteiger partial charge in [0.1, 0.15) is 6.61 Å². The van der Waals surface area contributed by atoms with E-state index in [2.05, 4.69) is 9.97 Å². The molecule has 2 heterocycles. The molecule has 0 unspecified atom stereocenters. The molecule has 0 N–H and O–H groups in total. The van der Waals surface area contributed by atoms with Crippen molar-refractivity contribution < 1.29 is 19.0 Å². The first kappa shape index (κ1) is 12.7. The van der Waals surface area contributed by atoms with Gasteiger partial charge in [-0.2, -0.15) is 0 Å². The van der Waals surface area contributed by atoms with Crippen LogP contribution in [-0.2, 0) is 11.3 Å². The van der Waals surface area contributed by atoms with Crippen molar-refractivity contribution in [2.24, 2.45) is 0 Å². The Balaban J connectivity index is 1.70. The minimum Gasteiger partial charge on any atom is -0.456 e. The van der Waals surface area contributed by atoms with Crippen LogP contribution in [0.3, 0.4) is 0 Å². The fraction of sp³-hybridized carbons (Fsp3) is 0.154. The molecule has 20 heavy (non-hydrogen) atoms. The van der Waals surface area contributed by atoms with Crippen LogP contribution < -0.4 is 9.47 Å². The van der Waals surface area contributed by atoms with Gasteiger partial charge in [-0.25, -0.2) is 9.78 Å². The van der Waals surface area contributed by atoms with Crippen molar-refractivity contribution in [2.75, 3.05) is 6.79 Å². The summed E-state index contributed by atoms with van der Waals surface area (Å²) in [4.78, 5) is 19.4. The number of carbonyl (C=O) groups is 1. The summed E-state index contributed by atoms with van der Waals surface area (Å²) < 4.78 is 15.6. The molecular weight excluding hydrogens is 284 g/mol. The topological polar surface area (TPSA) is 70.5 Å². The van der Waals surface area contributed by atoms with Crippen molar-refractivity contribution in [2.45, 2.75) is 6.61 Å². The maximum absolute atomic E-state index is 11.7. The third-order valence-corrected chi connectivity index (χ3v) is 2.91. The van der Waals surface area contributed by atoms with Crippen LogP contribution in [0.4, 0.5) is 0 Å². The summed E-state index contributed by atoms with van der Waals surface area (Å²) in [6, 6.07) is 3.39. The summed E-state index contributed by atoms with van der Waals surface area (Å²) in [5.74, 6) is 0.505. The van der Waals surface area contributed by atoms with Crippen LogP contribution in [0.15, 0.2) is 30.7 Å². The highest BCUT2D eigenvalue weighted by molar-refractivity contribution is 6.32. The number of ether oxygens (including phenoxy) is 3. The van der Waals surface area contributed by atoms with Crippen molar-refractivity contribution in [3.8, 4) is 11.5 Å². The second kappa shape index (κ2) is 5.34. The molecule has 2 aromatic rings. The minimum absolute atomic E-state index is 0.0613. The summed E-state index contributed by atoms with van der Waals surface area (Å²) in [6.07, 6.45) is 4.25. The predicted molar refractivity (Wildman–Crippen MR) is 68.7 cm³/mol. The maximum atomic E-state index is 11.7. The van der Waals surface area contributed by atoms with Gasteiger partial charge in [-0.15, -0.1) is 0 Å². The molecular formula is C13H9ClN2O4. The highest BCUT2D eigenvalue weighted by atomic mass is 35.5. The fourth-order valence-corrected chi connectivity index (χ4v) is 2.02. The average Bonchev–Trinajstić information content (AvgIpc) is 2.94. The highest BCUT2D eigenvalue weighted by Crippen LogP contribution is 2.39. The molecule has 0 atom stereocenters. The van der Waals surface area contributed by atoms with E-state index in [1.54, 1.807) is 12.1 Å². The summed E-state index contributed by atoms with van der Waals surface area (Å²) >= 11 is 6.04. The first-order valence-corrected chi connectivity index (χ1v) is 6.13. The van der Waals surface area contributed by atoms with Crippen molar-refractivity contribution in [1.82, 2.24) is 9.97 Å². The second-order valence-electron chi connectivity index (χ2n) is 3.98. The maximum Gasteiger partial charge on any atom is 0.358 e. The number of halogens is 1. The van der Waals surface area contributed by atoms with Gasteiger partial charge in [0.25, 0.3) is 0 Å². The normalized spacial score (nSPS) is 12.2. The minimum atomic E-state index is -0.549. The van der Waals surface area contributed by atoms with Gasteiger partial charge in [-0.1, -0.05) is 11.6 Å². The molecule has 1 aliphatic rings. The second-order valence-corrected chi connectivity index (χ2v) is 4.39. The van der Waals surface area contributed by atoms with E-state index >= 15 is 0 Å². The molecule has 0 spiro atoms. The number of hydrogen-bond donors (Lipinski definition) is 0. The zero-order valence-corrected chi connectivity index (χ0v) is 11.0. The van der Waals surface area contributed by atoms with E-state index in [4.69, 9.17) is 25.8 Å². The molecule has 102 valence electrons. The Morgan fingerprint density at radius 3 is 3.05 bits per heavy atom. The van der Waals surface area contributed by atoms with E-state index in [-0.39, 0.29) is 19.1 Å². The molecule has 0 saturated carbocycles. The first-order valence-electron chi connectivity index (χ1n) is 5.75. The molecule has 1 aliphatic heterocycles. The SMILES string of the molecule is O=C(OCc1cc(Cl)c2c(c1)OCO2)c1cnccn1. The van der Waals surface area contributed by atoms with Crippen molar-refractivity contribution in [3.63, 3.8) is 0 Å². The molecule has 1 aromatic heterocycles. The standard InChI is InChI=1S/C13H9ClN2O4/c14-9-3-8(4-11-12(9)20-7-19-11)6-18-13(17)10-5-15-1-2-16-10/h1-5H,6-7H2. The Labute approximate surface area is 119 Å². The monoisotopic (exact) mass is 292 g/mol. The first-order chi connectivity index (χ1) is 9.74. The van der Waals surface area contributed by atoms with Crippen LogP contribution >= 0.6 is 11.6 Å². The van der Waals surface area contributed by atoms with Gasteiger partial charge in [0.2, 0.25) is 6.79 Å². The molecule has 0 bridgehead atoms. The number of esters is 1. The number of fused-ring (bicyclic) bond motifs is 1. The number of rotatable bonds is 3. The summed E-state index contributed by atoms with van der Waals surface area (Å²) in [5, 5.41) is 0.422. The molecule has 3 rings (SSSR count). The van der Waals surface area contributed by atoms with Crippen LogP contribution in [0, 0.1) is 0 Å². The van der Waals surface area contributed by atoms with Gasteiger partial charge in [0.05, 0.1) is 11.2 Å². The van der Waals surface area contributed by atoms with Gasteiger partial charge < -0.3 is 14.2 Å². The molecule has 0 saturated heterocycles. The lowest BCUT2D eigenvalue weighted by Crippen LogP contribution is -2.07. The van der Waals surface area contributed by atoms with Gasteiger partial charge >= 0.3 is 5.97 Å². The smallest absolute Gasteiger partial charge is 0.358 e. The molecule has 7 heteroatoms. The Hall–Kier alpha value is -2.34. The Kier molecular flexibility index (Phi) is 3.39. The van der Waals surface area contributed by atoms with Crippen LogP contribution in [0.25, 0.3) is 0 Å². The lowest BCUT2D eigenvalue weighted by atomic mass is 10.2. The number of benzene rings is 1. The van der Waals surface area contributed by atoms with E-state index < -0.39 is 5.97 Å². The Morgan fingerprint density at radius 2 is 2.25 bits per heavy atom. The Morgan fingerprint density at radius 1 is 1.35 bits per heavy atom. The zero-order valence-electron chi connectivity index (χ0n) is 10.2. The molecule has 0 fully saturated rings. The average molecular weight is 293 g/mol. The van der Waals surface area contributed by atoms with Crippen LogP contribution in [-0.4, -0.2) is 22.7 Å². The summed E-state index contributed by atoms with van der Waals surface area (Å²) in [5.41, 5.74) is 0.857. The lowest BCUT2D eigenvalue weighted by Gasteiger charge is -2.06. The number of aromatic nitrogens is 2. The molecule has 0 radical (unpaired) electrons. The Bertz CT molecular complexity index is 648. The van der Waals surface area contributed by atoms with Crippen molar-refractivity contribution in [3.05, 3.63) is 47.0 Å². The highest BCUT2D eigenvalue weighted by Gasteiger charge is 2.19. The number of carbonyl (C=O) groups excluding carboxylic acids is 1. The van der Waals surface area contributed by atoms with Gasteiger partial charge in [0.15, 0.2) is 17.2 Å². The molecule has 1 aromatic carbocycles. The van der Waals surface area contributed by atoms with Crippen LogP contribution in [0.5, 0.6) is 11.5 Å². The lowest BCUT2D eigenvalue weighted by molar-refractivity contribution is 0.0465. The zero-order chi connectivity index (χ0) is 13.9.